The Balaban J connectivity index is 0.00000144. The van der Waals surface area contributed by atoms with Crippen molar-refractivity contribution in [3.8, 4) is 10.6 Å². The molecule has 3 rings (SSSR count). The molecule has 0 aliphatic heterocycles. The van der Waals surface area contributed by atoms with Gasteiger partial charge in [-0.15, -0.1) is 36.2 Å². The molecule has 2 aromatic rings. The van der Waals surface area contributed by atoms with Gasteiger partial charge in [0.05, 0.1) is 17.7 Å². The summed E-state index contributed by atoms with van der Waals surface area (Å²) in [5, 5.41) is 5.96. The van der Waals surface area contributed by atoms with Crippen molar-refractivity contribution in [1.82, 2.24) is 15.3 Å². The standard InChI is InChI=1S/C16H20N4OS.2ClH/c17-11-16(5-1-2-6-16)20-14(21)8-13-10-22-15(19-13)12-4-3-7-18-9-12;;/h3-4,7,9-10H,1-2,5-6,8,11,17H2,(H,20,21);2*1H. The molecule has 0 spiro atoms. The van der Waals surface area contributed by atoms with Crippen LogP contribution in [0.1, 0.15) is 31.4 Å². The predicted octanol–water partition coefficient (Wildman–Crippen LogP) is 2.98. The minimum absolute atomic E-state index is 0. The average Bonchev–Trinajstić information content (AvgIpc) is 3.18. The van der Waals surface area contributed by atoms with E-state index in [1.165, 1.54) is 11.3 Å². The zero-order chi connectivity index (χ0) is 15.4. The van der Waals surface area contributed by atoms with Gasteiger partial charge in [0.15, 0.2) is 0 Å². The van der Waals surface area contributed by atoms with Gasteiger partial charge in [-0.3, -0.25) is 9.78 Å². The van der Waals surface area contributed by atoms with Crippen LogP contribution < -0.4 is 11.1 Å². The predicted molar refractivity (Wildman–Crippen MR) is 102 cm³/mol. The molecule has 2 heterocycles. The molecule has 0 atom stereocenters. The van der Waals surface area contributed by atoms with Gasteiger partial charge in [0.25, 0.3) is 0 Å². The number of nitrogens with two attached hydrogens (primary N) is 1. The lowest BCUT2D eigenvalue weighted by Gasteiger charge is -2.28. The molecule has 1 aliphatic rings. The molecule has 0 radical (unpaired) electrons. The summed E-state index contributed by atoms with van der Waals surface area (Å²) in [7, 11) is 0. The maximum Gasteiger partial charge on any atom is 0.226 e. The Morgan fingerprint density at radius 2 is 2.08 bits per heavy atom. The van der Waals surface area contributed by atoms with Gasteiger partial charge < -0.3 is 11.1 Å². The first kappa shape index (κ1) is 20.8. The van der Waals surface area contributed by atoms with Crippen LogP contribution in [0.4, 0.5) is 0 Å². The second-order valence-corrected chi connectivity index (χ2v) is 6.66. The second kappa shape index (κ2) is 9.32. The molecule has 132 valence electrons. The largest absolute Gasteiger partial charge is 0.349 e. The molecule has 1 aliphatic carbocycles. The topological polar surface area (TPSA) is 80.9 Å². The minimum atomic E-state index is -0.195. The van der Waals surface area contributed by atoms with Crippen molar-refractivity contribution >= 4 is 42.1 Å². The van der Waals surface area contributed by atoms with Gasteiger partial charge in [0.2, 0.25) is 5.91 Å². The van der Waals surface area contributed by atoms with E-state index in [-0.39, 0.29) is 36.3 Å². The number of rotatable bonds is 5. The van der Waals surface area contributed by atoms with Gasteiger partial charge in [0.1, 0.15) is 5.01 Å². The molecule has 0 unspecified atom stereocenters. The maximum absolute atomic E-state index is 12.3. The van der Waals surface area contributed by atoms with E-state index < -0.39 is 0 Å². The van der Waals surface area contributed by atoms with Crippen molar-refractivity contribution in [2.75, 3.05) is 6.54 Å². The summed E-state index contributed by atoms with van der Waals surface area (Å²) in [6.07, 6.45) is 8.06. The fourth-order valence-corrected chi connectivity index (χ4v) is 3.76. The summed E-state index contributed by atoms with van der Waals surface area (Å²) in [5.41, 5.74) is 7.44. The lowest BCUT2D eigenvalue weighted by atomic mass is 9.97. The Labute approximate surface area is 158 Å². The molecule has 3 N–H and O–H groups in total. The van der Waals surface area contributed by atoms with Crippen molar-refractivity contribution in [3.63, 3.8) is 0 Å². The maximum atomic E-state index is 12.3. The number of halogens is 2. The summed E-state index contributed by atoms with van der Waals surface area (Å²) in [5.74, 6) is 0.00962. The smallest absolute Gasteiger partial charge is 0.226 e. The molecular formula is C16H22Cl2N4OS. The van der Waals surface area contributed by atoms with E-state index in [1.807, 2.05) is 17.5 Å². The molecule has 0 bridgehead atoms. The van der Waals surface area contributed by atoms with E-state index >= 15 is 0 Å². The van der Waals surface area contributed by atoms with Gasteiger partial charge >= 0.3 is 0 Å². The van der Waals surface area contributed by atoms with Crippen LogP contribution in [0, 0.1) is 0 Å². The monoisotopic (exact) mass is 388 g/mol. The van der Waals surface area contributed by atoms with Crippen molar-refractivity contribution in [1.29, 1.82) is 0 Å². The zero-order valence-corrected chi connectivity index (χ0v) is 15.7. The number of carbonyl (C=O) groups is 1. The van der Waals surface area contributed by atoms with Crippen molar-refractivity contribution < 1.29 is 4.79 Å². The molecule has 8 heteroatoms. The van der Waals surface area contributed by atoms with E-state index in [1.54, 1.807) is 12.4 Å². The van der Waals surface area contributed by atoms with Crippen molar-refractivity contribution in [2.45, 2.75) is 37.6 Å². The van der Waals surface area contributed by atoms with Gasteiger partial charge in [-0.2, -0.15) is 0 Å². The first-order valence-corrected chi connectivity index (χ1v) is 8.45. The highest BCUT2D eigenvalue weighted by molar-refractivity contribution is 7.13. The molecule has 1 fully saturated rings. The quantitative estimate of drug-likeness (QED) is 0.824. The minimum Gasteiger partial charge on any atom is -0.349 e. The van der Waals surface area contributed by atoms with Crippen LogP contribution in [-0.4, -0.2) is 28.0 Å². The number of nitrogens with one attached hydrogen (secondary N) is 1. The third kappa shape index (κ3) is 4.89. The first-order valence-electron chi connectivity index (χ1n) is 7.57. The number of amides is 1. The summed E-state index contributed by atoms with van der Waals surface area (Å²) < 4.78 is 0. The second-order valence-electron chi connectivity index (χ2n) is 5.80. The van der Waals surface area contributed by atoms with Crippen LogP contribution in [0.25, 0.3) is 10.6 Å². The lowest BCUT2D eigenvalue weighted by molar-refractivity contribution is -0.122. The number of pyridine rings is 1. The molecular weight excluding hydrogens is 367 g/mol. The number of hydrogen-bond acceptors (Lipinski definition) is 5. The van der Waals surface area contributed by atoms with E-state index in [4.69, 9.17) is 5.73 Å². The number of thiazole rings is 1. The number of aromatic nitrogens is 2. The Morgan fingerprint density at radius 1 is 1.33 bits per heavy atom. The SMILES string of the molecule is Cl.Cl.NCC1(NC(=O)Cc2csc(-c3cccnc3)n2)CCCC1. The first-order chi connectivity index (χ1) is 10.7. The average molecular weight is 389 g/mol. The van der Waals surface area contributed by atoms with Gasteiger partial charge in [-0.05, 0) is 25.0 Å². The fourth-order valence-electron chi connectivity index (χ4n) is 2.95. The van der Waals surface area contributed by atoms with E-state index in [0.717, 1.165) is 41.9 Å². The Morgan fingerprint density at radius 3 is 2.71 bits per heavy atom. The molecule has 5 nitrogen and oxygen atoms in total. The summed E-state index contributed by atoms with van der Waals surface area (Å²) >= 11 is 1.54. The lowest BCUT2D eigenvalue weighted by Crippen LogP contribution is -2.52. The third-order valence-electron chi connectivity index (χ3n) is 4.16. The normalized spacial score (nSPS) is 15.2. The molecule has 1 saturated carbocycles. The summed E-state index contributed by atoms with van der Waals surface area (Å²) in [4.78, 5) is 20.9. The van der Waals surface area contributed by atoms with Gasteiger partial charge in [-0.25, -0.2) is 4.98 Å². The van der Waals surface area contributed by atoms with Crippen LogP contribution >= 0.6 is 36.2 Å². The Kier molecular flexibility index (Phi) is 8.09. The van der Waals surface area contributed by atoms with Crippen molar-refractivity contribution in [2.24, 2.45) is 5.73 Å². The van der Waals surface area contributed by atoms with Gasteiger partial charge in [-0.1, -0.05) is 12.8 Å². The van der Waals surface area contributed by atoms with Crippen LogP contribution in [0.15, 0.2) is 29.9 Å². The van der Waals surface area contributed by atoms with Crippen LogP contribution in [0.5, 0.6) is 0 Å². The van der Waals surface area contributed by atoms with E-state index in [0.29, 0.717) is 13.0 Å². The van der Waals surface area contributed by atoms with Crippen LogP contribution in [0.2, 0.25) is 0 Å². The summed E-state index contributed by atoms with van der Waals surface area (Å²) in [6.45, 7) is 0.511. The highest BCUT2D eigenvalue weighted by Crippen LogP contribution is 2.29. The molecule has 0 aromatic carbocycles. The number of nitrogens with zero attached hydrogens (tertiary/aromatic N) is 2. The fraction of sp³-hybridized carbons (Fsp3) is 0.438. The van der Waals surface area contributed by atoms with Crippen LogP contribution in [-0.2, 0) is 11.2 Å². The molecule has 1 amide bonds. The van der Waals surface area contributed by atoms with Gasteiger partial charge in [0, 0.05) is 29.9 Å². The molecule has 0 saturated heterocycles. The Bertz CT molecular complexity index is 645. The van der Waals surface area contributed by atoms with E-state index in [9.17, 15) is 4.79 Å². The third-order valence-corrected chi connectivity index (χ3v) is 5.10. The van der Waals surface area contributed by atoms with Crippen LogP contribution in [0.3, 0.4) is 0 Å². The Hall–Kier alpha value is -1.21. The zero-order valence-electron chi connectivity index (χ0n) is 13.2. The number of hydrogen-bond donors (Lipinski definition) is 2. The van der Waals surface area contributed by atoms with Crippen molar-refractivity contribution in [3.05, 3.63) is 35.6 Å². The highest BCUT2D eigenvalue weighted by Gasteiger charge is 2.33. The number of carbonyl (C=O) groups excluding carboxylic acids is 1. The molecule has 2 aromatic heterocycles. The molecule has 24 heavy (non-hydrogen) atoms. The summed E-state index contributed by atoms with van der Waals surface area (Å²) in [6, 6.07) is 3.85. The highest BCUT2D eigenvalue weighted by atomic mass is 35.5. The van der Waals surface area contributed by atoms with E-state index in [2.05, 4.69) is 15.3 Å².